The largest absolute Gasteiger partial charge is 0.481 e. The number of halogens is 2. The number of carbonyl (C=O) groups is 2. The fourth-order valence-corrected chi connectivity index (χ4v) is 7.76. The van der Waals surface area contributed by atoms with Gasteiger partial charge in [0.1, 0.15) is 0 Å². The first kappa shape index (κ1) is 30.5. The molecule has 3 aromatic carbocycles. The Kier molecular flexibility index (Phi) is 8.99. The zero-order chi connectivity index (χ0) is 30.1. The third-order valence-electron chi connectivity index (χ3n) is 8.37. The van der Waals surface area contributed by atoms with Gasteiger partial charge in [-0.1, -0.05) is 84.7 Å². The summed E-state index contributed by atoms with van der Waals surface area (Å²) >= 11 is 12.7. The Bertz CT molecular complexity index is 1550. The highest BCUT2D eigenvalue weighted by Gasteiger charge is 2.54. The first-order chi connectivity index (χ1) is 20.0. The number of likely N-dealkylation sites (tertiary alicyclic amines) is 1. The number of hydrogen-bond donors (Lipinski definition) is 2. The molecule has 1 saturated heterocycles. The van der Waals surface area contributed by atoms with E-state index >= 15 is 0 Å². The topological polar surface area (TPSA) is 104 Å². The number of carboxylic acids is 1. The highest BCUT2D eigenvalue weighted by molar-refractivity contribution is 7.88. The van der Waals surface area contributed by atoms with Crippen molar-refractivity contribution in [3.8, 4) is 0 Å². The number of hydrogen-bond acceptors (Lipinski definition) is 4. The maximum Gasteiger partial charge on any atom is 0.304 e. The van der Waals surface area contributed by atoms with E-state index in [1.807, 2.05) is 36.4 Å². The second-order valence-electron chi connectivity index (χ2n) is 11.7. The van der Waals surface area contributed by atoms with Crippen LogP contribution in [0.1, 0.15) is 61.3 Å². The third kappa shape index (κ3) is 7.00. The molecule has 0 radical (unpaired) electrons. The molecule has 4 atom stereocenters. The Morgan fingerprint density at radius 1 is 1.00 bits per heavy atom. The molecular weight excluding hydrogens is 595 g/mol. The average molecular weight is 630 g/mol. The van der Waals surface area contributed by atoms with Crippen molar-refractivity contribution < 1.29 is 23.1 Å². The molecule has 1 amide bonds. The van der Waals surface area contributed by atoms with E-state index in [1.165, 1.54) is 0 Å². The van der Waals surface area contributed by atoms with E-state index in [0.717, 1.165) is 24.0 Å². The molecule has 7 nitrogen and oxygen atoms in total. The van der Waals surface area contributed by atoms with Crippen LogP contribution in [-0.2, 0) is 25.4 Å². The lowest BCUT2D eigenvalue weighted by Crippen LogP contribution is -2.59. The Morgan fingerprint density at radius 3 is 2.31 bits per heavy atom. The van der Waals surface area contributed by atoms with Crippen molar-refractivity contribution >= 4 is 45.1 Å². The van der Waals surface area contributed by atoms with E-state index in [-0.39, 0.29) is 36.5 Å². The standard InChI is InChI=1S/C32H34Cl2N2O5S/c1-32(18-29(37)38)17-27(24-8-5-9-26(34)16-24)30(23-12-14-25(33)15-13-23)36(31(32)39)28(22-10-11-22)19-35-42(40,41)20-21-6-3-2-4-7-21/h2-9,12-16,22,27-28,30,35H,10-11,17-20H2,1H3,(H,37,38)/t27-,28-,30-,32-/m1/s1. The maximum absolute atomic E-state index is 14.5. The van der Waals surface area contributed by atoms with Crippen molar-refractivity contribution in [3.63, 3.8) is 0 Å². The predicted molar refractivity (Wildman–Crippen MR) is 164 cm³/mol. The van der Waals surface area contributed by atoms with Gasteiger partial charge >= 0.3 is 5.97 Å². The minimum Gasteiger partial charge on any atom is -0.481 e. The lowest BCUT2D eigenvalue weighted by atomic mass is 9.67. The normalized spacial score (nSPS) is 23.5. The van der Waals surface area contributed by atoms with E-state index in [0.29, 0.717) is 22.0 Å². The first-order valence-corrected chi connectivity index (χ1v) is 16.4. The van der Waals surface area contributed by atoms with Gasteiger partial charge in [0.15, 0.2) is 0 Å². The van der Waals surface area contributed by atoms with Gasteiger partial charge in [0, 0.05) is 28.5 Å². The van der Waals surface area contributed by atoms with Crippen molar-refractivity contribution in [2.45, 2.75) is 56.4 Å². The fraction of sp³-hybridized carbons (Fsp3) is 0.375. The lowest BCUT2D eigenvalue weighted by molar-refractivity contribution is -0.161. The zero-order valence-electron chi connectivity index (χ0n) is 23.2. The van der Waals surface area contributed by atoms with E-state index in [9.17, 15) is 23.1 Å². The molecule has 0 unspecified atom stereocenters. The SMILES string of the molecule is C[C@]1(CC(=O)O)C[C@H](c2cccc(Cl)c2)[C@@H](c2ccc(Cl)cc2)N([C@H](CNS(=O)(=O)Cc2ccccc2)C2CC2)C1=O. The van der Waals surface area contributed by atoms with Gasteiger partial charge < -0.3 is 10.0 Å². The third-order valence-corrected chi connectivity index (χ3v) is 10.2. The van der Waals surface area contributed by atoms with Crippen molar-refractivity contribution in [2.75, 3.05) is 6.54 Å². The number of carbonyl (C=O) groups excluding carboxylic acids is 1. The molecule has 3 aromatic rings. The number of sulfonamides is 1. The molecule has 0 aromatic heterocycles. The fourth-order valence-electron chi connectivity index (χ4n) is 6.28. The van der Waals surface area contributed by atoms with Crippen LogP contribution < -0.4 is 4.72 Å². The molecule has 1 saturated carbocycles. The Labute approximate surface area is 256 Å². The van der Waals surface area contributed by atoms with Crippen molar-refractivity contribution in [1.29, 1.82) is 0 Å². The molecule has 222 valence electrons. The smallest absolute Gasteiger partial charge is 0.304 e. The summed E-state index contributed by atoms with van der Waals surface area (Å²) in [6.07, 6.45) is 1.64. The quantitative estimate of drug-likeness (QED) is 0.255. The molecule has 1 aliphatic heterocycles. The van der Waals surface area contributed by atoms with Gasteiger partial charge in [-0.2, -0.15) is 0 Å². The van der Waals surface area contributed by atoms with Gasteiger partial charge in [-0.15, -0.1) is 0 Å². The summed E-state index contributed by atoms with van der Waals surface area (Å²) in [5, 5.41) is 11.0. The Hall–Kier alpha value is -2.91. The molecule has 0 spiro atoms. The monoisotopic (exact) mass is 628 g/mol. The number of benzene rings is 3. The maximum atomic E-state index is 14.5. The van der Waals surface area contributed by atoms with Crippen LogP contribution in [0.15, 0.2) is 78.9 Å². The molecule has 42 heavy (non-hydrogen) atoms. The van der Waals surface area contributed by atoms with Crippen LogP contribution in [-0.4, -0.2) is 42.9 Å². The second-order valence-corrected chi connectivity index (χ2v) is 14.4. The summed E-state index contributed by atoms with van der Waals surface area (Å²) in [5.74, 6) is -1.75. The molecule has 5 rings (SSSR count). The van der Waals surface area contributed by atoms with Crippen LogP contribution in [0, 0.1) is 11.3 Å². The summed E-state index contributed by atoms with van der Waals surface area (Å²) in [6.45, 7) is 1.73. The molecule has 2 aliphatic rings. The minimum atomic E-state index is -3.72. The molecule has 2 fully saturated rings. The summed E-state index contributed by atoms with van der Waals surface area (Å²) in [5.41, 5.74) is 1.18. The summed E-state index contributed by atoms with van der Waals surface area (Å²) in [6, 6.07) is 22.7. The van der Waals surface area contributed by atoms with Gasteiger partial charge in [0.25, 0.3) is 0 Å². The number of aliphatic carboxylic acids is 1. The lowest BCUT2D eigenvalue weighted by Gasteiger charge is -2.52. The average Bonchev–Trinajstić information content (AvgIpc) is 3.77. The summed E-state index contributed by atoms with van der Waals surface area (Å²) in [4.78, 5) is 28.3. The zero-order valence-corrected chi connectivity index (χ0v) is 25.6. The van der Waals surface area contributed by atoms with Crippen LogP contribution in [0.2, 0.25) is 10.0 Å². The van der Waals surface area contributed by atoms with E-state index in [1.54, 1.807) is 54.3 Å². The van der Waals surface area contributed by atoms with Crippen LogP contribution in [0.4, 0.5) is 0 Å². The Morgan fingerprint density at radius 2 is 1.69 bits per heavy atom. The number of amides is 1. The van der Waals surface area contributed by atoms with Crippen molar-refractivity contribution in [1.82, 2.24) is 9.62 Å². The van der Waals surface area contributed by atoms with Crippen LogP contribution in [0.5, 0.6) is 0 Å². The first-order valence-electron chi connectivity index (χ1n) is 14.0. The van der Waals surface area contributed by atoms with E-state index < -0.39 is 33.5 Å². The molecule has 2 N–H and O–H groups in total. The number of nitrogens with zero attached hydrogens (tertiary/aromatic N) is 1. The number of rotatable bonds is 11. The molecule has 0 bridgehead atoms. The minimum absolute atomic E-state index is 0.0288. The second kappa shape index (κ2) is 12.4. The van der Waals surface area contributed by atoms with E-state index in [2.05, 4.69) is 4.72 Å². The molecule has 1 heterocycles. The van der Waals surface area contributed by atoms with Gasteiger partial charge in [0.05, 0.1) is 23.6 Å². The molecule has 10 heteroatoms. The predicted octanol–water partition coefficient (Wildman–Crippen LogP) is 6.43. The summed E-state index contributed by atoms with van der Waals surface area (Å²) in [7, 11) is -3.72. The van der Waals surface area contributed by atoms with Crippen LogP contribution >= 0.6 is 23.2 Å². The highest BCUT2D eigenvalue weighted by Crippen LogP contribution is 2.54. The molecule has 1 aliphatic carbocycles. The van der Waals surface area contributed by atoms with Crippen LogP contribution in [0.25, 0.3) is 0 Å². The summed E-state index contributed by atoms with van der Waals surface area (Å²) < 4.78 is 29.1. The Balaban J connectivity index is 1.58. The van der Waals surface area contributed by atoms with Crippen molar-refractivity contribution in [3.05, 3.63) is 106 Å². The van der Waals surface area contributed by atoms with Crippen LogP contribution in [0.3, 0.4) is 0 Å². The van der Waals surface area contributed by atoms with Gasteiger partial charge in [0.2, 0.25) is 15.9 Å². The number of piperidine rings is 1. The van der Waals surface area contributed by atoms with Crippen molar-refractivity contribution in [2.24, 2.45) is 11.3 Å². The number of nitrogens with one attached hydrogen (secondary N) is 1. The molecular formula is C32H34Cl2N2O5S. The number of carboxylic acid groups (broad SMARTS) is 1. The van der Waals surface area contributed by atoms with Gasteiger partial charge in [-0.25, -0.2) is 13.1 Å². The van der Waals surface area contributed by atoms with E-state index in [4.69, 9.17) is 23.2 Å². The highest BCUT2D eigenvalue weighted by atomic mass is 35.5. The van der Waals surface area contributed by atoms with Gasteiger partial charge in [-0.05, 0) is 66.1 Å². The van der Waals surface area contributed by atoms with Gasteiger partial charge in [-0.3, -0.25) is 9.59 Å².